The van der Waals surface area contributed by atoms with E-state index in [0.717, 1.165) is 23.6 Å². The summed E-state index contributed by atoms with van der Waals surface area (Å²) in [5, 5.41) is 0. The molecule has 0 aromatic heterocycles. The molecule has 0 amide bonds. The SMILES string of the molecule is CC[C@@H]1[C@H]2OC(c3ccccc3)OC[C@H]2O[C@@H](OCC[Si](C)(C)C)[C@@H]1OCc1ccccc1. The summed E-state index contributed by atoms with van der Waals surface area (Å²) >= 11 is 0. The van der Waals surface area contributed by atoms with Crippen LogP contribution in [0.15, 0.2) is 60.7 Å². The van der Waals surface area contributed by atoms with Crippen LogP contribution in [0.2, 0.25) is 25.7 Å². The molecule has 5 nitrogen and oxygen atoms in total. The van der Waals surface area contributed by atoms with Gasteiger partial charge in [-0.25, -0.2) is 0 Å². The highest BCUT2D eigenvalue weighted by atomic mass is 28.3. The Bertz CT molecular complexity index is 841. The number of benzene rings is 2. The first-order chi connectivity index (χ1) is 15.9. The molecule has 0 spiro atoms. The van der Waals surface area contributed by atoms with Crippen LogP contribution < -0.4 is 0 Å². The predicted octanol–water partition coefficient (Wildman–Crippen LogP) is 5.79. The molecule has 0 aliphatic carbocycles. The van der Waals surface area contributed by atoms with Gasteiger partial charge >= 0.3 is 0 Å². The Labute approximate surface area is 199 Å². The van der Waals surface area contributed by atoms with Crippen molar-refractivity contribution in [3.05, 3.63) is 71.8 Å². The number of ether oxygens (including phenoxy) is 5. The van der Waals surface area contributed by atoms with Crippen molar-refractivity contribution < 1.29 is 23.7 Å². The lowest BCUT2D eigenvalue weighted by atomic mass is 9.86. The van der Waals surface area contributed by atoms with Crippen LogP contribution in [0.3, 0.4) is 0 Å². The van der Waals surface area contributed by atoms with Crippen LogP contribution >= 0.6 is 0 Å². The Hall–Kier alpha value is -1.54. The summed E-state index contributed by atoms with van der Waals surface area (Å²) in [5.74, 6) is 0.152. The molecule has 0 N–H and O–H groups in total. The van der Waals surface area contributed by atoms with Gasteiger partial charge in [0.15, 0.2) is 12.6 Å². The van der Waals surface area contributed by atoms with Gasteiger partial charge in [0.2, 0.25) is 0 Å². The van der Waals surface area contributed by atoms with E-state index >= 15 is 0 Å². The molecule has 2 fully saturated rings. The van der Waals surface area contributed by atoms with E-state index in [4.69, 9.17) is 23.7 Å². The fraction of sp³-hybridized carbons (Fsp3) is 0.556. The molecule has 2 aliphatic heterocycles. The first-order valence-corrected chi connectivity index (χ1v) is 15.9. The number of rotatable bonds is 9. The van der Waals surface area contributed by atoms with Gasteiger partial charge in [0.05, 0.1) is 19.3 Å². The third-order valence-electron chi connectivity index (χ3n) is 6.44. The van der Waals surface area contributed by atoms with Gasteiger partial charge in [0.25, 0.3) is 0 Å². The van der Waals surface area contributed by atoms with Gasteiger partial charge in [-0.3, -0.25) is 0 Å². The van der Waals surface area contributed by atoms with E-state index in [0.29, 0.717) is 19.8 Å². The van der Waals surface area contributed by atoms with Gasteiger partial charge in [0.1, 0.15) is 12.2 Å². The lowest BCUT2D eigenvalue weighted by Gasteiger charge is -2.49. The first kappa shape index (κ1) is 24.6. The molecular formula is C27H38O5Si. The first-order valence-electron chi connectivity index (χ1n) is 12.2. The average molecular weight is 471 g/mol. The molecule has 2 saturated heterocycles. The lowest BCUT2D eigenvalue weighted by molar-refractivity contribution is -0.359. The van der Waals surface area contributed by atoms with Crippen molar-refractivity contribution in [2.24, 2.45) is 5.92 Å². The van der Waals surface area contributed by atoms with E-state index in [-0.39, 0.29) is 30.5 Å². The molecule has 2 aromatic carbocycles. The molecule has 0 radical (unpaired) electrons. The predicted molar refractivity (Wildman–Crippen MR) is 132 cm³/mol. The van der Waals surface area contributed by atoms with Gasteiger partial charge in [-0.05, 0) is 18.0 Å². The molecule has 2 aromatic rings. The van der Waals surface area contributed by atoms with E-state index in [9.17, 15) is 0 Å². The molecule has 6 heteroatoms. The minimum atomic E-state index is -1.21. The van der Waals surface area contributed by atoms with E-state index in [1.165, 1.54) is 0 Å². The van der Waals surface area contributed by atoms with Crippen molar-refractivity contribution in [3.63, 3.8) is 0 Å². The topological polar surface area (TPSA) is 46.2 Å². The van der Waals surface area contributed by atoms with Gasteiger partial charge in [-0.2, -0.15) is 0 Å². The summed E-state index contributed by atoms with van der Waals surface area (Å²) in [6.45, 7) is 11.0. The Kier molecular flexibility index (Phi) is 8.38. The third-order valence-corrected chi connectivity index (χ3v) is 8.15. The molecule has 2 aliphatic rings. The number of hydrogen-bond acceptors (Lipinski definition) is 5. The van der Waals surface area contributed by atoms with Crippen LogP contribution in [-0.2, 0) is 30.3 Å². The minimum absolute atomic E-state index is 0.105. The van der Waals surface area contributed by atoms with Gasteiger partial charge < -0.3 is 23.7 Å². The fourth-order valence-corrected chi connectivity index (χ4v) is 5.24. The highest BCUT2D eigenvalue weighted by Crippen LogP contribution is 2.40. The largest absolute Gasteiger partial charge is 0.368 e. The summed E-state index contributed by atoms with van der Waals surface area (Å²) in [6.07, 6.45) is -0.358. The van der Waals surface area contributed by atoms with Crippen LogP contribution in [0, 0.1) is 5.92 Å². The monoisotopic (exact) mass is 470 g/mol. The van der Waals surface area contributed by atoms with Crippen molar-refractivity contribution in [1.82, 2.24) is 0 Å². The van der Waals surface area contributed by atoms with Crippen molar-refractivity contribution in [2.45, 2.75) is 76.5 Å². The molecule has 33 heavy (non-hydrogen) atoms. The Balaban J connectivity index is 1.50. The standard InChI is InChI=1S/C27H38O5Si/c1-5-22-24-23(19-30-26(32-24)21-14-10-7-11-15-21)31-27(28-16-17-33(2,3)4)25(22)29-18-20-12-8-6-9-13-20/h6-15,22-27H,5,16-19H2,1-4H3/t22-,23-,24-,25-,26?,27-/m1/s1. The Morgan fingerprint density at radius 1 is 0.909 bits per heavy atom. The Morgan fingerprint density at radius 2 is 1.61 bits per heavy atom. The highest BCUT2D eigenvalue weighted by Gasteiger charge is 2.50. The normalized spacial score (nSPS) is 30.1. The van der Waals surface area contributed by atoms with Gasteiger partial charge in [-0.15, -0.1) is 0 Å². The van der Waals surface area contributed by atoms with E-state index in [1.807, 2.05) is 48.5 Å². The molecule has 2 heterocycles. The van der Waals surface area contributed by atoms with E-state index in [1.54, 1.807) is 0 Å². The lowest BCUT2D eigenvalue weighted by Crippen LogP contribution is -2.60. The summed E-state index contributed by atoms with van der Waals surface area (Å²) in [5.41, 5.74) is 2.17. The second kappa shape index (κ2) is 11.3. The summed E-state index contributed by atoms with van der Waals surface area (Å²) in [7, 11) is -1.21. The maximum Gasteiger partial charge on any atom is 0.184 e. The van der Waals surface area contributed by atoms with Gasteiger partial charge in [-0.1, -0.05) is 87.2 Å². The van der Waals surface area contributed by atoms with Crippen LogP contribution in [0.1, 0.15) is 30.8 Å². The smallest absolute Gasteiger partial charge is 0.184 e. The third kappa shape index (κ3) is 6.53. The molecule has 0 bridgehead atoms. The minimum Gasteiger partial charge on any atom is -0.368 e. The maximum atomic E-state index is 6.50. The van der Waals surface area contributed by atoms with Crippen molar-refractivity contribution in [2.75, 3.05) is 13.2 Å². The summed E-state index contributed by atoms with van der Waals surface area (Å²) in [4.78, 5) is 0. The maximum absolute atomic E-state index is 6.50. The Morgan fingerprint density at radius 3 is 2.27 bits per heavy atom. The zero-order chi connectivity index (χ0) is 23.3. The fourth-order valence-electron chi connectivity index (χ4n) is 4.51. The molecule has 180 valence electrons. The molecular weight excluding hydrogens is 432 g/mol. The highest BCUT2D eigenvalue weighted by molar-refractivity contribution is 6.76. The zero-order valence-corrected chi connectivity index (χ0v) is 21.3. The molecule has 4 rings (SSSR count). The second-order valence-corrected chi connectivity index (χ2v) is 15.9. The summed E-state index contributed by atoms with van der Waals surface area (Å²) < 4.78 is 31.8. The van der Waals surface area contributed by atoms with Gasteiger partial charge in [0, 0.05) is 26.2 Å². The van der Waals surface area contributed by atoms with Crippen LogP contribution in [0.4, 0.5) is 0 Å². The van der Waals surface area contributed by atoms with E-state index < -0.39 is 14.4 Å². The molecule has 1 unspecified atom stereocenters. The zero-order valence-electron chi connectivity index (χ0n) is 20.3. The molecule has 6 atom stereocenters. The van der Waals surface area contributed by atoms with Crippen molar-refractivity contribution in [3.8, 4) is 0 Å². The van der Waals surface area contributed by atoms with Crippen LogP contribution in [-0.4, -0.2) is 45.9 Å². The van der Waals surface area contributed by atoms with Crippen molar-refractivity contribution in [1.29, 1.82) is 0 Å². The van der Waals surface area contributed by atoms with Crippen LogP contribution in [0.25, 0.3) is 0 Å². The number of hydrogen-bond donors (Lipinski definition) is 0. The van der Waals surface area contributed by atoms with Crippen LogP contribution in [0.5, 0.6) is 0 Å². The summed E-state index contributed by atoms with van der Waals surface area (Å²) in [6, 6.07) is 21.5. The quantitative estimate of drug-likeness (QED) is 0.434. The second-order valence-electron chi connectivity index (χ2n) is 10.2. The average Bonchev–Trinajstić information content (AvgIpc) is 2.82. The van der Waals surface area contributed by atoms with E-state index in [2.05, 4.69) is 38.7 Å². The van der Waals surface area contributed by atoms with Crippen molar-refractivity contribution >= 4 is 8.07 Å². The molecule has 0 saturated carbocycles. The number of fused-ring (bicyclic) bond motifs is 1.